The number of likely N-dealkylation sites (N-methyl/N-ethyl adjacent to an activating group) is 1. The monoisotopic (exact) mass is 433 g/mol. The van der Waals surface area contributed by atoms with Crippen LogP contribution in [0.2, 0.25) is 0 Å². The molecule has 32 heavy (non-hydrogen) atoms. The lowest BCUT2D eigenvalue weighted by Crippen LogP contribution is -2.45. The topological polar surface area (TPSA) is 83.7 Å². The lowest BCUT2D eigenvalue weighted by atomic mass is 9.84. The summed E-state index contributed by atoms with van der Waals surface area (Å²) in [5.74, 6) is 2.87. The zero-order chi connectivity index (χ0) is 22.1. The van der Waals surface area contributed by atoms with E-state index in [0.717, 1.165) is 49.1 Å². The van der Waals surface area contributed by atoms with Crippen molar-refractivity contribution in [3.8, 4) is 5.75 Å². The minimum atomic E-state index is -0.00549. The van der Waals surface area contributed by atoms with Gasteiger partial charge in [-0.05, 0) is 43.4 Å². The summed E-state index contributed by atoms with van der Waals surface area (Å²) in [5, 5.41) is 3.36. The van der Waals surface area contributed by atoms with E-state index in [2.05, 4.69) is 22.2 Å². The highest BCUT2D eigenvalue weighted by atomic mass is 16.5. The molecule has 3 aromatic rings. The van der Waals surface area contributed by atoms with E-state index in [1.807, 2.05) is 36.4 Å². The summed E-state index contributed by atoms with van der Waals surface area (Å²) >= 11 is 0. The number of furan rings is 1. The summed E-state index contributed by atoms with van der Waals surface area (Å²) in [6.07, 6.45) is 2.69. The number of fused-ring (bicyclic) bond motifs is 1. The van der Waals surface area contributed by atoms with Gasteiger partial charge in [0.05, 0.1) is 24.6 Å². The van der Waals surface area contributed by atoms with Gasteiger partial charge in [0.25, 0.3) is 0 Å². The molecule has 0 radical (unpaired) electrons. The Morgan fingerprint density at radius 2 is 1.84 bits per heavy atom. The number of carbonyl (C=O) groups excluding carboxylic acids is 1. The van der Waals surface area contributed by atoms with Gasteiger partial charge in [0.1, 0.15) is 17.3 Å². The van der Waals surface area contributed by atoms with Crippen molar-refractivity contribution >= 4 is 23.2 Å². The molecule has 1 aromatic carbocycles. The summed E-state index contributed by atoms with van der Waals surface area (Å²) in [4.78, 5) is 27.4. The zero-order valence-corrected chi connectivity index (χ0v) is 18.4. The van der Waals surface area contributed by atoms with Crippen molar-refractivity contribution in [1.29, 1.82) is 0 Å². The van der Waals surface area contributed by atoms with Crippen LogP contribution in [-0.4, -0.2) is 61.0 Å². The third-order valence-electron chi connectivity index (χ3n) is 6.21. The van der Waals surface area contributed by atoms with Gasteiger partial charge in [0.15, 0.2) is 5.78 Å². The van der Waals surface area contributed by atoms with E-state index >= 15 is 0 Å². The molecule has 0 saturated carbocycles. The fourth-order valence-corrected chi connectivity index (χ4v) is 4.34. The highest BCUT2D eigenvalue weighted by Crippen LogP contribution is 2.36. The highest BCUT2D eigenvalue weighted by Gasteiger charge is 2.33. The molecule has 2 aliphatic rings. The number of carbonyl (C=O) groups is 1. The minimum Gasteiger partial charge on any atom is -0.497 e. The number of methoxy groups -OCH3 is 1. The number of ether oxygens (including phenoxy) is 1. The second-order valence-corrected chi connectivity index (χ2v) is 8.38. The van der Waals surface area contributed by atoms with Gasteiger partial charge >= 0.3 is 0 Å². The van der Waals surface area contributed by atoms with Crippen LogP contribution in [0.4, 0.5) is 17.5 Å². The number of ketones is 1. The first kappa shape index (κ1) is 20.5. The summed E-state index contributed by atoms with van der Waals surface area (Å²) < 4.78 is 10.9. The Hall–Kier alpha value is -3.39. The Bertz CT molecular complexity index is 1090. The number of Topliss-reactive ketones (excluding diaryl/α,β-unsaturated/α-hetero) is 1. The number of rotatable bonds is 5. The number of hydrogen-bond acceptors (Lipinski definition) is 8. The quantitative estimate of drug-likeness (QED) is 0.655. The Morgan fingerprint density at radius 1 is 1.06 bits per heavy atom. The maximum absolute atomic E-state index is 13.2. The van der Waals surface area contributed by atoms with Gasteiger partial charge in [0.2, 0.25) is 5.95 Å². The van der Waals surface area contributed by atoms with E-state index in [4.69, 9.17) is 19.1 Å². The largest absolute Gasteiger partial charge is 0.497 e. The van der Waals surface area contributed by atoms with E-state index in [0.29, 0.717) is 30.2 Å². The van der Waals surface area contributed by atoms with Gasteiger partial charge in [-0.25, -0.2) is 4.98 Å². The maximum Gasteiger partial charge on any atom is 0.227 e. The summed E-state index contributed by atoms with van der Waals surface area (Å²) in [7, 11) is 3.76. The number of nitrogens with one attached hydrogen (secondary N) is 1. The lowest BCUT2D eigenvalue weighted by Gasteiger charge is -2.33. The molecule has 1 saturated heterocycles. The van der Waals surface area contributed by atoms with Gasteiger partial charge in [-0.1, -0.05) is 0 Å². The molecular formula is C24H27N5O3. The molecule has 1 atom stereocenters. The van der Waals surface area contributed by atoms with Crippen LogP contribution >= 0.6 is 0 Å². The molecule has 166 valence electrons. The van der Waals surface area contributed by atoms with Crippen LogP contribution in [0.1, 0.15) is 34.2 Å². The van der Waals surface area contributed by atoms with Crippen molar-refractivity contribution in [3.05, 3.63) is 59.7 Å². The Morgan fingerprint density at radius 3 is 2.53 bits per heavy atom. The number of piperazine rings is 1. The SMILES string of the molecule is COc1ccc(Nc2nc(N3CCN(C)CC3)nc3c2C(=O)CC(c2ccco2)C3)cc1. The Kier molecular flexibility index (Phi) is 5.53. The normalized spacial score (nSPS) is 19.0. The average molecular weight is 434 g/mol. The number of benzene rings is 1. The first-order valence-corrected chi connectivity index (χ1v) is 10.9. The van der Waals surface area contributed by atoms with Gasteiger partial charge in [-0.2, -0.15) is 4.98 Å². The molecule has 2 aromatic heterocycles. The van der Waals surface area contributed by atoms with Gasteiger partial charge in [-0.3, -0.25) is 4.79 Å². The molecule has 1 aliphatic heterocycles. The average Bonchev–Trinajstić information content (AvgIpc) is 3.35. The molecule has 1 fully saturated rings. The van der Waals surface area contributed by atoms with Crippen LogP contribution < -0.4 is 15.0 Å². The van der Waals surface area contributed by atoms with E-state index in [-0.39, 0.29) is 11.7 Å². The molecule has 8 heteroatoms. The van der Waals surface area contributed by atoms with E-state index < -0.39 is 0 Å². The lowest BCUT2D eigenvalue weighted by molar-refractivity contribution is 0.0959. The molecule has 1 N–H and O–H groups in total. The summed E-state index contributed by atoms with van der Waals surface area (Å²) in [6, 6.07) is 11.4. The molecule has 1 aliphatic carbocycles. The van der Waals surface area contributed by atoms with Crippen LogP contribution in [0, 0.1) is 0 Å². The van der Waals surface area contributed by atoms with Gasteiger partial charge in [0, 0.05) is 50.6 Å². The molecule has 0 amide bonds. The number of aromatic nitrogens is 2. The number of nitrogens with zero attached hydrogens (tertiary/aromatic N) is 4. The molecule has 5 rings (SSSR count). The molecule has 1 unspecified atom stereocenters. The first-order valence-electron chi connectivity index (χ1n) is 10.9. The molecule has 8 nitrogen and oxygen atoms in total. The van der Waals surface area contributed by atoms with Crippen LogP contribution in [0.25, 0.3) is 0 Å². The molecular weight excluding hydrogens is 406 g/mol. The predicted octanol–water partition coefficient (Wildman–Crippen LogP) is 3.49. The molecule has 0 spiro atoms. The van der Waals surface area contributed by atoms with Crippen molar-refractivity contribution in [1.82, 2.24) is 14.9 Å². The Labute approximate surface area is 187 Å². The summed E-state index contributed by atoms with van der Waals surface area (Å²) in [6.45, 7) is 3.62. The predicted molar refractivity (Wildman–Crippen MR) is 122 cm³/mol. The van der Waals surface area contributed by atoms with Crippen molar-refractivity contribution < 1.29 is 13.9 Å². The fraction of sp³-hybridized carbons (Fsp3) is 0.375. The van der Waals surface area contributed by atoms with Crippen LogP contribution in [0.3, 0.4) is 0 Å². The number of hydrogen-bond donors (Lipinski definition) is 1. The van der Waals surface area contributed by atoms with Gasteiger partial charge in [-0.15, -0.1) is 0 Å². The highest BCUT2D eigenvalue weighted by molar-refractivity contribution is 6.03. The smallest absolute Gasteiger partial charge is 0.227 e. The van der Waals surface area contributed by atoms with Crippen LogP contribution in [0.15, 0.2) is 47.1 Å². The van der Waals surface area contributed by atoms with E-state index in [1.54, 1.807) is 13.4 Å². The number of anilines is 3. The third-order valence-corrected chi connectivity index (χ3v) is 6.21. The van der Waals surface area contributed by atoms with Crippen LogP contribution in [0.5, 0.6) is 5.75 Å². The van der Waals surface area contributed by atoms with Crippen molar-refractivity contribution in [2.75, 3.05) is 50.6 Å². The van der Waals surface area contributed by atoms with Crippen molar-refractivity contribution in [2.45, 2.75) is 18.8 Å². The standard InChI is InChI=1S/C24H27N5O3/c1-28-9-11-29(12-10-28)24-26-19-14-16(21-4-3-13-32-21)15-20(30)22(19)23(27-24)25-17-5-7-18(31-2)8-6-17/h3-8,13,16H,9-12,14-15H2,1-2H3,(H,25,26,27). The Balaban J connectivity index is 1.52. The van der Waals surface area contributed by atoms with Gasteiger partial charge < -0.3 is 24.3 Å². The maximum atomic E-state index is 13.2. The van der Waals surface area contributed by atoms with E-state index in [9.17, 15) is 4.79 Å². The fourth-order valence-electron chi connectivity index (χ4n) is 4.34. The van der Waals surface area contributed by atoms with Crippen LogP contribution in [-0.2, 0) is 6.42 Å². The van der Waals surface area contributed by atoms with E-state index in [1.165, 1.54) is 0 Å². The zero-order valence-electron chi connectivity index (χ0n) is 18.4. The minimum absolute atomic E-state index is 0.00549. The van der Waals surface area contributed by atoms with Crippen molar-refractivity contribution in [3.63, 3.8) is 0 Å². The van der Waals surface area contributed by atoms with Crippen molar-refractivity contribution in [2.24, 2.45) is 0 Å². The second kappa shape index (κ2) is 8.63. The first-order chi connectivity index (χ1) is 15.6. The molecule has 0 bridgehead atoms. The third kappa shape index (κ3) is 4.05. The summed E-state index contributed by atoms with van der Waals surface area (Å²) in [5.41, 5.74) is 2.21. The molecule has 3 heterocycles. The second-order valence-electron chi connectivity index (χ2n) is 8.38.